The summed E-state index contributed by atoms with van der Waals surface area (Å²) in [5.41, 5.74) is 0.316. The Morgan fingerprint density at radius 3 is 2.48 bits per heavy atom. The number of hydrogen-bond acceptors (Lipinski definition) is 6. The predicted octanol–water partition coefficient (Wildman–Crippen LogP) is 1.81. The van der Waals surface area contributed by atoms with Gasteiger partial charge < -0.3 is 14.8 Å². The molecular weight excluding hydrogens is 396 g/mol. The SMILES string of the molecule is COc1ccc(Cl)cc1NC(=O)COC(=O)CNS(=O)(=O)c1ccccc1. The van der Waals surface area contributed by atoms with Crippen molar-refractivity contribution in [1.29, 1.82) is 0 Å². The van der Waals surface area contributed by atoms with Crippen molar-refractivity contribution in [3.8, 4) is 5.75 Å². The van der Waals surface area contributed by atoms with Crippen LogP contribution in [-0.4, -0.2) is 40.6 Å². The molecule has 0 bridgehead atoms. The summed E-state index contributed by atoms with van der Waals surface area (Å²) < 4.78 is 35.9. The fraction of sp³-hybridized carbons (Fsp3) is 0.176. The zero-order valence-corrected chi connectivity index (χ0v) is 15.8. The number of carbonyl (C=O) groups is 2. The van der Waals surface area contributed by atoms with E-state index >= 15 is 0 Å². The summed E-state index contributed by atoms with van der Waals surface area (Å²) >= 11 is 5.86. The first-order chi connectivity index (χ1) is 12.8. The summed E-state index contributed by atoms with van der Waals surface area (Å²) in [7, 11) is -2.41. The molecule has 0 spiro atoms. The number of rotatable bonds is 8. The molecule has 0 atom stereocenters. The summed E-state index contributed by atoms with van der Waals surface area (Å²) in [6.45, 7) is -1.20. The highest BCUT2D eigenvalue weighted by atomic mass is 35.5. The Morgan fingerprint density at radius 2 is 1.81 bits per heavy atom. The number of nitrogens with one attached hydrogen (secondary N) is 2. The summed E-state index contributed by atoms with van der Waals surface area (Å²) in [6, 6.07) is 12.2. The minimum Gasteiger partial charge on any atom is -0.495 e. The predicted molar refractivity (Wildman–Crippen MR) is 99.2 cm³/mol. The number of sulfonamides is 1. The zero-order chi connectivity index (χ0) is 19.9. The van der Waals surface area contributed by atoms with Gasteiger partial charge in [0.25, 0.3) is 5.91 Å². The molecule has 2 rings (SSSR count). The van der Waals surface area contributed by atoms with Gasteiger partial charge in [0, 0.05) is 5.02 Å². The lowest BCUT2D eigenvalue weighted by atomic mass is 10.3. The Kier molecular flexibility index (Phi) is 7.17. The Bertz CT molecular complexity index is 918. The highest BCUT2D eigenvalue weighted by molar-refractivity contribution is 7.89. The van der Waals surface area contributed by atoms with Crippen molar-refractivity contribution in [2.24, 2.45) is 0 Å². The van der Waals surface area contributed by atoms with Gasteiger partial charge in [-0.05, 0) is 30.3 Å². The molecule has 0 aliphatic rings. The Morgan fingerprint density at radius 1 is 1.11 bits per heavy atom. The molecule has 10 heteroatoms. The molecule has 0 saturated heterocycles. The molecule has 0 aromatic heterocycles. The first kappa shape index (κ1) is 20.7. The molecule has 8 nitrogen and oxygen atoms in total. The lowest BCUT2D eigenvalue weighted by molar-refractivity contribution is -0.146. The van der Waals surface area contributed by atoms with Crippen LogP contribution in [-0.2, 0) is 24.3 Å². The van der Waals surface area contributed by atoms with Crippen LogP contribution in [0.3, 0.4) is 0 Å². The summed E-state index contributed by atoms with van der Waals surface area (Å²) in [6.07, 6.45) is 0. The van der Waals surface area contributed by atoms with E-state index in [2.05, 4.69) is 10.0 Å². The lowest BCUT2D eigenvalue weighted by Gasteiger charge is -2.11. The van der Waals surface area contributed by atoms with Crippen LogP contribution in [0.15, 0.2) is 53.4 Å². The van der Waals surface area contributed by atoms with E-state index < -0.39 is 35.1 Å². The number of carbonyl (C=O) groups excluding carboxylic acids is 2. The van der Waals surface area contributed by atoms with Crippen molar-refractivity contribution in [2.45, 2.75) is 4.90 Å². The molecule has 0 radical (unpaired) electrons. The zero-order valence-electron chi connectivity index (χ0n) is 14.3. The van der Waals surface area contributed by atoms with Crippen LogP contribution >= 0.6 is 11.6 Å². The van der Waals surface area contributed by atoms with E-state index in [0.29, 0.717) is 16.5 Å². The molecule has 0 aliphatic carbocycles. The van der Waals surface area contributed by atoms with Gasteiger partial charge in [-0.3, -0.25) is 9.59 Å². The van der Waals surface area contributed by atoms with Crippen molar-refractivity contribution in [3.63, 3.8) is 0 Å². The number of halogens is 1. The first-order valence-corrected chi connectivity index (χ1v) is 9.51. The molecule has 2 aromatic rings. The summed E-state index contributed by atoms with van der Waals surface area (Å²) in [5.74, 6) is -1.15. The van der Waals surface area contributed by atoms with Crippen LogP contribution in [0.5, 0.6) is 5.75 Å². The molecule has 1 amide bonds. The summed E-state index contributed by atoms with van der Waals surface area (Å²) in [5, 5.41) is 2.88. The van der Waals surface area contributed by atoms with E-state index in [-0.39, 0.29) is 4.90 Å². The smallest absolute Gasteiger partial charge is 0.321 e. The Hall–Kier alpha value is -2.62. The Balaban J connectivity index is 1.83. The normalized spacial score (nSPS) is 10.9. The average molecular weight is 413 g/mol. The van der Waals surface area contributed by atoms with Gasteiger partial charge in [-0.1, -0.05) is 29.8 Å². The van der Waals surface area contributed by atoms with E-state index in [1.807, 2.05) is 0 Å². The van der Waals surface area contributed by atoms with Gasteiger partial charge in [-0.2, -0.15) is 4.72 Å². The van der Waals surface area contributed by atoms with Crippen LogP contribution < -0.4 is 14.8 Å². The quantitative estimate of drug-likeness (QED) is 0.640. The number of ether oxygens (including phenoxy) is 2. The third kappa shape index (κ3) is 6.24. The van der Waals surface area contributed by atoms with Gasteiger partial charge in [-0.15, -0.1) is 0 Å². The average Bonchev–Trinajstić information content (AvgIpc) is 2.66. The maximum absolute atomic E-state index is 12.0. The third-order valence-corrected chi connectivity index (χ3v) is 4.91. The monoisotopic (exact) mass is 412 g/mol. The fourth-order valence-corrected chi connectivity index (χ4v) is 3.16. The number of anilines is 1. The molecule has 0 fully saturated rings. The first-order valence-electron chi connectivity index (χ1n) is 7.65. The molecule has 0 heterocycles. The minimum absolute atomic E-state index is 0.0172. The molecule has 27 heavy (non-hydrogen) atoms. The van der Waals surface area contributed by atoms with Crippen LogP contribution in [0.1, 0.15) is 0 Å². The van der Waals surface area contributed by atoms with Gasteiger partial charge in [0.15, 0.2) is 6.61 Å². The second-order valence-corrected chi connectivity index (χ2v) is 7.39. The van der Waals surface area contributed by atoms with Gasteiger partial charge in [0.1, 0.15) is 12.3 Å². The van der Waals surface area contributed by atoms with Crippen molar-refractivity contribution >= 4 is 39.2 Å². The van der Waals surface area contributed by atoms with Crippen molar-refractivity contribution in [2.75, 3.05) is 25.6 Å². The largest absolute Gasteiger partial charge is 0.495 e. The van der Waals surface area contributed by atoms with Gasteiger partial charge in [0.2, 0.25) is 10.0 Å². The van der Waals surface area contributed by atoms with E-state index in [4.69, 9.17) is 21.1 Å². The molecule has 0 aliphatic heterocycles. The van der Waals surface area contributed by atoms with Crippen molar-refractivity contribution < 1.29 is 27.5 Å². The van der Waals surface area contributed by atoms with E-state index in [1.165, 1.54) is 25.3 Å². The number of amides is 1. The van der Waals surface area contributed by atoms with Gasteiger partial charge in [-0.25, -0.2) is 8.42 Å². The molecule has 0 unspecified atom stereocenters. The van der Waals surface area contributed by atoms with Crippen LogP contribution in [0.4, 0.5) is 5.69 Å². The molecular formula is C17H17ClN2O6S. The number of esters is 1. The summed E-state index contributed by atoms with van der Waals surface area (Å²) in [4.78, 5) is 23.6. The molecule has 2 aromatic carbocycles. The van der Waals surface area contributed by atoms with Gasteiger partial charge in [0.05, 0.1) is 17.7 Å². The topological polar surface area (TPSA) is 111 Å². The second kappa shape index (κ2) is 9.36. The molecule has 2 N–H and O–H groups in total. The molecule has 0 saturated carbocycles. The van der Waals surface area contributed by atoms with Gasteiger partial charge >= 0.3 is 5.97 Å². The highest BCUT2D eigenvalue weighted by Crippen LogP contribution is 2.27. The van der Waals surface area contributed by atoms with E-state index in [9.17, 15) is 18.0 Å². The fourth-order valence-electron chi connectivity index (χ4n) is 2.00. The van der Waals surface area contributed by atoms with Crippen LogP contribution in [0.25, 0.3) is 0 Å². The number of methoxy groups -OCH3 is 1. The van der Waals surface area contributed by atoms with E-state index in [0.717, 1.165) is 0 Å². The highest BCUT2D eigenvalue weighted by Gasteiger charge is 2.16. The third-order valence-electron chi connectivity index (χ3n) is 3.26. The standard InChI is InChI=1S/C17H17ClN2O6S/c1-25-15-8-7-12(18)9-14(15)20-16(21)11-26-17(22)10-19-27(23,24)13-5-3-2-4-6-13/h2-9,19H,10-11H2,1H3,(H,20,21). The Labute approximate surface area is 161 Å². The van der Waals surface area contributed by atoms with Crippen LogP contribution in [0.2, 0.25) is 5.02 Å². The van der Waals surface area contributed by atoms with Crippen LogP contribution in [0, 0.1) is 0 Å². The maximum Gasteiger partial charge on any atom is 0.321 e. The van der Waals surface area contributed by atoms with E-state index in [1.54, 1.807) is 30.3 Å². The van der Waals surface area contributed by atoms with Crippen molar-refractivity contribution in [3.05, 3.63) is 53.6 Å². The number of hydrogen-bond donors (Lipinski definition) is 2. The maximum atomic E-state index is 12.0. The number of benzene rings is 2. The molecule has 144 valence electrons. The minimum atomic E-state index is -3.84. The van der Waals surface area contributed by atoms with Crippen molar-refractivity contribution in [1.82, 2.24) is 4.72 Å². The second-order valence-electron chi connectivity index (χ2n) is 5.19. The lowest BCUT2D eigenvalue weighted by Crippen LogP contribution is -2.32.